The summed E-state index contributed by atoms with van der Waals surface area (Å²) in [4.78, 5) is 18.4. The Morgan fingerprint density at radius 2 is 1.83 bits per heavy atom. The van der Waals surface area contributed by atoms with E-state index in [1.54, 1.807) is 6.92 Å². The van der Waals surface area contributed by atoms with Gasteiger partial charge in [-0.25, -0.2) is 0 Å². The predicted molar refractivity (Wildman–Crippen MR) is 73.6 cm³/mol. The zero-order valence-corrected chi connectivity index (χ0v) is 12.1. The summed E-state index contributed by atoms with van der Waals surface area (Å²) in [5, 5.41) is 0. The summed E-state index contributed by atoms with van der Waals surface area (Å²) in [6.45, 7) is 7.15. The zero-order chi connectivity index (χ0) is 13.2. The Morgan fingerprint density at radius 1 is 1.17 bits per heavy atom. The van der Waals surface area contributed by atoms with Gasteiger partial charge in [0.05, 0.1) is 0 Å². The molecule has 1 amide bonds. The van der Waals surface area contributed by atoms with E-state index in [2.05, 4.69) is 23.9 Å². The summed E-state index contributed by atoms with van der Waals surface area (Å²) in [7, 11) is 4.28. The third-order valence-corrected chi connectivity index (χ3v) is 4.70. The van der Waals surface area contributed by atoms with Crippen LogP contribution in [0.25, 0.3) is 0 Å². The van der Waals surface area contributed by atoms with Gasteiger partial charge in [0.25, 0.3) is 0 Å². The molecular formula is C14H27N3O. The number of piperidine rings is 1. The van der Waals surface area contributed by atoms with Crippen LogP contribution in [-0.4, -0.2) is 73.0 Å². The highest BCUT2D eigenvalue weighted by Gasteiger charge is 2.42. The number of amides is 1. The van der Waals surface area contributed by atoms with Gasteiger partial charge < -0.3 is 9.80 Å². The lowest BCUT2D eigenvalue weighted by Gasteiger charge is -2.45. The molecular weight excluding hydrogens is 226 g/mol. The lowest BCUT2D eigenvalue weighted by molar-refractivity contribution is -0.131. The average Bonchev–Trinajstić information content (AvgIpc) is 2.70. The maximum absolute atomic E-state index is 11.4. The molecule has 2 aliphatic heterocycles. The molecule has 2 saturated heterocycles. The molecule has 2 rings (SSSR count). The first-order valence-electron chi connectivity index (χ1n) is 7.19. The maximum atomic E-state index is 11.4. The summed E-state index contributed by atoms with van der Waals surface area (Å²) < 4.78 is 0. The first-order valence-corrected chi connectivity index (χ1v) is 7.19. The van der Waals surface area contributed by atoms with E-state index in [1.165, 1.54) is 38.8 Å². The molecule has 0 saturated carbocycles. The first kappa shape index (κ1) is 13.8. The van der Waals surface area contributed by atoms with Crippen molar-refractivity contribution < 1.29 is 4.79 Å². The van der Waals surface area contributed by atoms with Gasteiger partial charge in [-0.15, -0.1) is 0 Å². The standard InChI is InChI=1S/C14H27N3O/c1-13(18)16-9-6-14(7-10-16)5-4-8-17(14)12-11-15(2)3/h4-12H2,1-3H3. The average molecular weight is 253 g/mol. The third-order valence-electron chi connectivity index (χ3n) is 4.70. The molecule has 2 heterocycles. The van der Waals surface area contributed by atoms with E-state index < -0.39 is 0 Å². The number of likely N-dealkylation sites (tertiary alicyclic amines) is 2. The van der Waals surface area contributed by atoms with E-state index in [0.717, 1.165) is 19.6 Å². The second kappa shape index (κ2) is 5.57. The summed E-state index contributed by atoms with van der Waals surface area (Å²) >= 11 is 0. The lowest BCUT2D eigenvalue weighted by Crippen LogP contribution is -2.54. The highest BCUT2D eigenvalue weighted by Crippen LogP contribution is 2.38. The second-order valence-corrected chi connectivity index (χ2v) is 6.12. The SMILES string of the molecule is CC(=O)N1CCC2(CCCN2CCN(C)C)CC1. The van der Waals surface area contributed by atoms with Crippen LogP contribution in [0.2, 0.25) is 0 Å². The van der Waals surface area contributed by atoms with Gasteiger partial charge in [-0.1, -0.05) is 0 Å². The highest BCUT2D eigenvalue weighted by atomic mass is 16.2. The summed E-state index contributed by atoms with van der Waals surface area (Å²) in [6, 6.07) is 0. The number of carbonyl (C=O) groups is 1. The molecule has 0 aliphatic carbocycles. The van der Waals surface area contributed by atoms with E-state index in [9.17, 15) is 4.79 Å². The van der Waals surface area contributed by atoms with E-state index in [1.807, 2.05) is 4.90 Å². The fourth-order valence-electron chi connectivity index (χ4n) is 3.47. The minimum absolute atomic E-state index is 0.239. The molecule has 2 aliphatic rings. The molecule has 18 heavy (non-hydrogen) atoms. The molecule has 0 aromatic rings. The Labute approximate surface area is 111 Å². The molecule has 1 spiro atoms. The lowest BCUT2D eigenvalue weighted by atomic mass is 9.85. The van der Waals surface area contributed by atoms with Gasteiger partial charge in [0.15, 0.2) is 0 Å². The van der Waals surface area contributed by atoms with Crippen molar-refractivity contribution in [3.8, 4) is 0 Å². The summed E-state index contributed by atoms with van der Waals surface area (Å²) in [5.74, 6) is 0.239. The van der Waals surface area contributed by atoms with Crippen LogP contribution >= 0.6 is 0 Å². The van der Waals surface area contributed by atoms with Crippen LogP contribution in [0.15, 0.2) is 0 Å². The molecule has 0 radical (unpaired) electrons. The quantitative estimate of drug-likeness (QED) is 0.751. The highest BCUT2D eigenvalue weighted by molar-refractivity contribution is 5.73. The Morgan fingerprint density at radius 3 is 2.39 bits per heavy atom. The van der Waals surface area contributed by atoms with Crippen LogP contribution in [0.3, 0.4) is 0 Å². The number of nitrogens with zero attached hydrogens (tertiary/aromatic N) is 3. The third kappa shape index (κ3) is 2.86. The minimum Gasteiger partial charge on any atom is -0.343 e. The summed E-state index contributed by atoms with van der Waals surface area (Å²) in [6.07, 6.45) is 4.99. The summed E-state index contributed by atoms with van der Waals surface area (Å²) in [5.41, 5.74) is 0.405. The van der Waals surface area contributed by atoms with Crippen molar-refractivity contribution in [1.82, 2.24) is 14.7 Å². The topological polar surface area (TPSA) is 26.8 Å². The monoisotopic (exact) mass is 253 g/mol. The van der Waals surface area contributed by atoms with Crippen molar-refractivity contribution in [2.24, 2.45) is 0 Å². The van der Waals surface area contributed by atoms with Crippen molar-refractivity contribution in [1.29, 1.82) is 0 Å². The van der Waals surface area contributed by atoms with Gasteiger partial charge in [-0.3, -0.25) is 9.69 Å². The molecule has 0 aromatic carbocycles. The van der Waals surface area contributed by atoms with Crippen LogP contribution in [0.5, 0.6) is 0 Å². The smallest absolute Gasteiger partial charge is 0.219 e. The largest absolute Gasteiger partial charge is 0.343 e. The minimum atomic E-state index is 0.239. The van der Waals surface area contributed by atoms with Gasteiger partial charge in [0.2, 0.25) is 5.91 Å². The van der Waals surface area contributed by atoms with Crippen molar-refractivity contribution in [2.45, 2.75) is 38.1 Å². The maximum Gasteiger partial charge on any atom is 0.219 e. The Balaban J connectivity index is 1.92. The van der Waals surface area contributed by atoms with Crippen LogP contribution in [0.1, 0.15) is 32.6 Å². The fourth-order valence-corrected chi connectivity index (χ4v) is 3.47. The zero-order valence-electron chi connectivity index (χ0n) is 12.1. The second-order valence-electron chi connectivity index (χ2n) is 6.12. The Bertz CT molecular complexity index is 295. The van der Waals surface area contributed by atoms with Crippen molar-refractivity contribution in [2.75, 3.05) is 46.8 Å². The fraction of sp³-hybridized carbons (Fsp3) is 0.929. The molecule has 0 unspecified atom stereocenters. The predicted octanol–water partition coefficient (Wildman–Crippen LogP) is 1.02. The molecule has 2 fully saturated rings. The van der Waals surface area contributed by atoms with Crippen LogP contribution in [0.4, 0.5) is 0 Å². The van der Waals surface area contributed by atoms with Gasteiger partial charge in [-0.05, 0) is 46.3 Å². The van der Waals surface area contributed by atoms with Gasteiger partial charge >= 0.3 is 0 Å². The number of carbonyl (C=O) groups excluding carboxylic acids is 1. The van der Waals surface area contributed by atoms with E-state index in [-0.39, 0.29) is 5.91 Å². The number of hydrogen-bond donors (Lipinski definition) is 0. The first-order chi connectivity index (χ1) is 8.53. The molecule has 0 aromatic heterocycles. The van der Waals surface area contributed by atoms with Gasteiger partial charge in [0.1, 0.15) is 0 Å². The number of rotatable bonds is 3. The molecule has 104 valence electrons. The van der Waals surface area contributed by atoms with E-state index in [0.29, 0.717) is 5.54 Å². The van der Waals surface area contributed by atoms with Crippen molar-refractivity contribution in [3.05, 3.63) is 0 Å². The van der Waals surface area contributed by atoms with Crippen LogP contribution < -0.4 is 0 Å². The van der Waals surface area contributed by atoms with Crippen LogP contribution in [0, 0.1) is 0 Å². The van der Waals surface area contributed by atoms with E-state index >= 15 is 0 Å². The van der Waals surface area contributed by atoms with Gasteiger partial charge in [-0.2, -0.15) is 0 Å². The molecule has 4 heteroatoms. The molecule has 0 N–H and O–H groups in total. The van der Waals surface area contributed by atoms with Crippen LogP contribution in [-0.2, 0) is 4.79 Å². The van der Waals surface area contributed by atoms with E-state index in [4.69, 9.17) is 0 Å². The van der Waals surface area contributed by atoms with Crippen molar-refractivity contribution in [3.63, 3.8) is 0 Å². The normalized spacial score (nSPS) is 24.1. The number of likely N-dealkylation sites (N-methyl/N-ethyl adjacent to an activating group) is 1. The van der Waals surface area contributed by atoms with Crippen molar-refractivity contribution >= 4 is 5.91 Å². The Hall–Kier alpha value is -0.610. The Kier molecular flexibility index (Phi) is 4.28. The molecule has 0 bridgehead atoms. The molecule has 4 nitrogen and oxygen atoms in total. The van der Waals surface area contributed by atoms with Gasteiger partial charge in [0, 0.05) is 38.6 Å². The molecule has 0 atom stereocenters. The number of hydrogen-bond acceptors (Lipinski definition) is 3.